The van der Waals surface area contributed by atoms with Crippen LogP contribution in [0.1, 0.15) is 17.3 Å². The fourth-order valence-electron chi connectivity index (χ4n) is 2.04. The van der Waals surface area contributed by atoms with Crippen molar-refractivity contribution < 1.29 is 14.0 Å². The number of nitrogens with zero attached hydrogens (tertiary/aromatic N) is 1. The number of hydrogen-bond acceptors (Lipinski definition) is 5. The molecule has 0 aliphatic rings. The standard InChI is InChI=1S/C17H14ClN3O3S/c1-10(19-16(23)12-6-7-24-8-12)15(22)21-17-20-14(9-25-17)11-2-4-13(18)5-3-11/h2-10H,1H3,(H,19,23)(H,20,21,22)/t10-/m0/s1. The van der Waals surface area contributed by atoms with Crippen molar-refractivity contribution in [3.05, 3.63) is 58.8 Å². The number of anilines is 1. The minimum absolute atomic E-state index is 0.353. The maximum absolute atomic E-state index is 12.2. The Morgan fingerprint density at radius 2 is 2.00 bits per heavy atom. The number of hydrogen-bond donors (Lipinski definition) is 2. The van der Waals surface area contributed by atoms with Gasteiger partial charge in [-0.15, -0.1) is 11.3 Å². The number of thiazole rings is 1. The van der Waals surface area contributed by atoms with E-state index in [0.29, 0.717) is 15.7 Å². The SMILES string of the molecule is C[C@H](NC(=O)c1ccoc1)C(=O)Nc1nc(-c2ccc(Cl)cc2)cs1. The molecule has 0 spiro atoms. The van der Waals surface area contributed by atoms with E-state index >= 15 is 0 Å². The molecule has 0 saturated heterocycles. The molecule has 0 unspecified atom stereocenters. The monoisotopic (exact) mass is 375 g/mol. The molecule has 1 aromatic carbocycles. The van der Waals surface area contributed by atoms with Crippen LogP contribution in [0.4, 0.5) is 5.13 Å². The second-order valence-corrected chi connectivity index (χ2v) is 6.54. The highest BCUT2D eigenvalue weighted by Gasteiger charge is 2.18. The highest BCUT2D eigenvalue weighted by atomic mass is 35.5. The molecule has 2 amide bonds. The van der Waals surface area contributed by atoms with E-state index in [-0.39, 0.29) is 11.8 Å². The summed E-state index contributed by atoms with van der Waals surface area (Å²) in [6.45, 7) is 1.60. The molecular formula is C17H14ClN3O3S. The molecule has 0 aliphatic heterocycles. The summed E-state index contributed by atoms with van der Waals surface area (Å²) in [4.78, 5) is 28.5. The van der Waals surface area contributed by atoms with Gasteiger partial charge in [0.05, 0.1) is 17.5 Å². The summed E-state index contributed by atoms with van der Waals surface area (Å²) >= 11 is 7.18. The van der Waals surface area contributed by atoms with Crippen LogP contribution in [0.2, 0.25) is 5.02 Å². The lowest BCUT2D eigenvalue weighted by Gasteiger charge is -2.12. The Bertz CT molecular complexity index is 875. The number of amides is 2. The molecule has 3 rings (SSSR count). The lowest BCUT2D eigenvalue weighted by Crippen LogP contribution is -2.41. The van der Waals surface area contributed by atoms with Gasteiger partial charge in [0, 0.05) is 16.0 Å². The number of halogens is 1. The Morgan fingerprint density at radius 3 is 2.68 bits per heavy atom. The van der Waals surface area contributed by atoms with E-state index in [9.17, 15) is 9.59 Å². The first kappa shape index (κ1) is 17.2. The van der Waals surface area contributed by atoms with Crippen molar-refractivity contribution in [1.29, 1.82) is 0 Å². The van der Waals surface area contributed by atoms with E-state index < -0.39 is 6.04 Å². The summed E-state index contributed by atoms with van der Waals surface area (Å²) in [6, 6.07) is 8.08. The Hall–Kier alpha value is -2.64. The fourth-order valence-corrected chi connectivity index (χ4v) is 2.89. The van der Waals surface area contributed by atoms with Crippen molar-refractivity contribution in [2.24, 2.45) is 0 Å². The number of furan rings is 1. The maximum Gasteiger partial charge on any atom is 0.255 e. The van der Waals surface area contributed by atoms with Gasteiger partial charge in [0.2, 0.25) is 5.91 Å². The maximum atomic E-state index is 12.2. The first-order valence-electron chi connectivity index (χ1n) is 7.38. The Labute approximate surface area is 152 Å². The lowest BCUT2D eigenvalue weighted by molar-refractivity contribution is -0.117. The molecule has 3 aromatic rings. The Balaban J connectivity index is 1.61. The number of nitrogens with one attached hydrogen (secondary N) is 2. The number of benzene rings is 1. The predicted octanol–water partition coefficient (Wildman–Crippen LogP) is 3.81. The summed E-state index contributed by atoms with van der Waals surface area (Å²) in [7, 11) is 0. The number of rotatable bonds is 5. The second kappa shape index (κ2) is 7.50. The summed E-state index contributed by atoms with van der Waals surface area (Å²) in [5.74, 6) is -0.730. The van der Waals surface area contributed by atoms with Gasteiger partial charge in [0.1, 0.15) is 12.3 Å². The van der Waals surface area contributed by atoms with Gasteiger partial charge in [-0.1, -0.05) is 23.7 Å². The number of carbonyl (C=O) groups excluding carboxylic acids is 2. The van der Waals surface area contributed by atoms with Crippen LogP contribution in [0.25, 0.3) is 11.3 Å². The van der Waals surface area contributed by atoms with Gasteiger partial charge in [0.25, 0.3) is 5.91 Å². The first-order chi connectivity index (χ1) is 12.0. The van der Waals surface area contributed by atoms with Crippen LogP contribution in [-0.2, 0) is 4.79 Å². The molecule has 2 N–H and O–H groups in total. The smallest absolute Gasteiger partial charge is 0.255 e. The highest BCUT2D eigenvalue weighted by Crippen LogP contribution is 2.26. The Morgan fingerprint density at radius 1 is 1.24 bits per heavy atom. The van der Waals surface area contributed by atoms with Crippen LogP contribution in [0, 0.1) is 0 Å². The zero-order chi connectivity index (χ0) is 17.8. The van der Waals surface area contributed by atoms with Crippen LogP contribution in [-0.4, -0.2) is 22.8 Å². The second-order valence-electron chi connectivity index (χ2n) is 5.24. The lowest BCUT2D eigenvalue weighted by atomic mass is 10.2. The molecule has 6 nitrogen and oxygen atoms in total. The predicted molar refractivity (Wildman–Crippen MR) is 96.8 cm³/mol. The van der Waals surface area contributed by atoms with Gasteiger partial charge >= 0.3 is 0 Å². The molecule has 2 aromatic heterocycles. The van der Waals surface area contributed by atoms with Gasteiger partial charge < -0.3 is 15.1 Å². The molecular weight excluding hydrogens is 362 g/mol. The zero-order valence-corrected chi connectivity index (χ0v) is 14.7. The Kier molecular flexibility index (Phi) is 5.16. The summed E-state index contributed by atoms with van der Waals surface area (Å²) < 4.78 is 4.85. The molecule has 0 bridgehead atoms. The van der Waals surface area contributed by atoms with Crippen LogP contribution in [0.3, 0.4) is 0 Å². The third-order valence-electron chi connectivity index (χ3n) is 3.40. The third-order valence-corrected chi connectivity index (χ3v) is 4.41. The van der Waals surface area contributed by atoms with Gasteiger partial charge in [0.15, 0.2) is 5.13 Å². The van der Waals surface area contributed by atoms with Crippen molar-refractivity contribution in [1.82, 2.24) is 10.3 Å². The quantitative estimate of drug-likeness (QED) is 0.710. The average molecular weight is 376 g/mol. The van der Waals surface area contributed by atoms with E-state index in [2.05, 4.69) is 15.6 Å². The van der Waals surface area contributed by atoms with E-state index in [0.717, 1.165) is 11.3 Å². The molecule has 128 valence electrons. The van der Waals surface area contributed by atoms with Crippen molar-refractivity contribution in [2.75, 3.05) is 5.32 Å². The van der Waals surface area contributed by atoms with Crippen LogP contribution in [0.5, 0.6) is 0 Å². The van der Waals surface area contributed by atoms with E-state index in [1.807, 2.05) is 17.5 Å². The third kappa shape index (κ3) is 4.26. The summed E-state index contributed by atoms with van der Waals surface area (Å²) in [6.07, 6.45) is 2.71. The summed E-state index contributed by atoms with van der Waals surface area (Å²) in [5.41, 5.74) is 2.01. The fraction of sp³-hybridized carbons (Fsp3) is 0.118. The van der Waals surface area contributed by atoms with E-state index in [1.54, 1.807) is 19.1 Å². The largest absolute Gasteiger partial charge is 0.472 e. The minimum atomic E-state index is -0.717. The van der Waals surface area contributed by atoms with Crippen molar-refractivity contribution in [2.45, 2.75) is 13.0 Å². The minimum Gasteiger partial charge on any atom is -0.472 e. The van der Waals surface area contributed by atoms with Gasteiger partial charge in [-0.05, 0) is 25.1 Å². The molecule has 1 atom stereocenters. The highest BCUT2D eigenvalue weighted by molar-refractivity contribution is 7.14. The molecule has 0 fully saturated rings. The van der Waals surface area contributed by atoms with Crippen molar-refractivity contribution in [3.8, 4) is 11.3 Å². The van der Waals surface area contributed by atoms with E-state index in [1.165, 1.54) is 29.9 Å². The molecule has 0 aliphatic carbocycles. The van der Waals surface area contributed by atoms with Crippen LogP contribution in [0.15, 0.2) is 52.7 Å². The van der Waals surface area contributed by atoms with Crippen LogP contribution >= 0.6 is 22.9 Å². The van der Waals surface area contributed by atoms with Gasteiger partial charge in [-0.2, -0.15) is 0 Å². The summed E-state index contributed by atoms with van der Waals surface area (Å²) in [5, 5.41) is 8.24. The van der Waals surface area contributed by atoms with Crippen molar-refractivity contribution in [3.63, 3.8) is 0 Å². The number of aromatic nitrogens is 1. The van der Waals surface area contributed by atoms with Crippen LogP contribution < -0.4 is 10.6 Å². The molecule has 2 heterocycles. The number of carbonyl (C=O) groups is 2. The normalized spacial score (nSPS) is 11.8. The average Bonchev–Trinajstić information content (AvgIpc) is 3.27. The first-order valence-corrected chi connectivity index (χ1v) is 8.64. The topological polar surface area (TPSA) is 84.2 Å². The molecule has 25 heavy (non-hydrogen) atoms. The van der Waals surface area contributed by atoms with Gasteiger partial charge in [-0.3, -0.25) is 9.59 Å². The van der Waals surface area contributed by atoms with Crippen molar-refractivity contribution >= 4 is 39.9 Å². The molecule has 8 heteroatoms. The molecule has 0 saturated carbocycles. The van der Waals surface area contributed by atoms with E-state index in [4.69, 9.17) is 16.0 Å². The van der Waals surface area contributed by atoms with Gasteiger partial charge in [-0.25, -0.2) is 4.98 Å². The molecule has 0 radical (unpaired) electrons. The zero-order valence-electron chi connectivity index (χ0n) is 13.2.